The highest BCUT2D eigenvalue weighted by Crippen LogP contribution is 2.28. The van der Waals surface area contributed by atoms with Crippen LogP contribution in [-0.2, 0) is 0 Å². The highest BCUT2D eigenvalue weighted by atomic mass is 79.9. The van der Waals surface area contributed by atoms with Gasteiger partial charge in [-0.05, 0) is 55.4 Å². The summed E-state index contributed by atoms with van der Waals surface area (Å²) in [5.41, 5.74) is 0. The van der Waals surface area contributed by atoms with Gasteiger partial charge in [-0.2, -0.15) is 15.0 Å². The largest absolute Gasteiger partial charge is 0.341 e. The Kier molecular flexibility index (Phi) is 5.63. The quantitative estimate of drug-likeness (QED) is 0.782. The van der Waals surface area contributed by atoms with E-state index in [1.807, 2.05) is 29.2 Å². The van der Waals surface area contributed by atoms with Gasteiger partial charge in [0, 0.05) is 22.5 Å². The van der Waals surface area contributed by atoms with E-state index in [4.69, 9.17) is 11.6 Å². The maximum atomic E-state index is 5.99. The molecule has 1 heterocycles. The molecule has 2 rings (SSSR count). The van der Waals surface area contributed by atoms with Gasteiger partial charge in [-0.15, -0.1) is 0 Å². The summed E-state index contributed by atoms with van der Waals surface area (Å²) in [5, 5.41) is 0.824. The number of benzene rings is 1. The zero-order valence-corrected chi connectivity index (χ0v) is 14.3. The summed E-state index contributed by atoms with van der Waals surface area (Å²) < 4.78 is 1.02. The van der Waals surface area contributed by atoms with Crippen LogP contribution in [-0.4, -0.2) is 28.0 Å². The molecule has 0 bridgehead atoms. The lowest BCUT2D eigenvalue weighted by atomic mass is 10.4. The van der Waals surface area contributed by atoms with Gasteiger partial charge in [0.1, 0.15) is 0 Å². The van der Waals surface area contributed by atoms with E-state index >= 15 is 0 Å². The predicted molar refractivity (Wildman–Crippen MR) is 86.7 cm³/mol. The summed E-state index contributed by atoms with van der Waals surface area (Å²) in [7, 11) is 0. The normalized spacial score (nSPS) is 10.6. The molecule has 0 saturated carbocycles. The summed E-state index contributed by atoms with van der Waals surface area (Å²) in [5.74, 6) is 0.618. The number of hydrogen-bond donors (Lipinski definition) is 0. The maximum Gasteiger partial charge on any atom is 0.230 e. The van der Waals surface area contributed by atoms with E-state index in [-0.39, 0.29) is 5.28 Å². The lowest BCUT2D eigenvalue weighted by Crippen LogP contribution is -2.24. The molecule has 0 aliphatic carbocycles. The van der Waals surface area contributed by atoms with Crippen molar-refractivity contribution in [3.8, 4) is 0 Å². The van der Waals surface area contributed by atoms with Crippen LogP contribution in [0.4, 0.5) is 5.95 Å². The van der Waals surface area contributed by atoms with Gasteiger partial charge in [-0.1, -0.05) is 22.0 Å². The molecular formula is C13H14BrClN4S. The number of hydrogen-bond acceptors (Lipinski definition) is 5. The van der Waals surface area contributed by atoms with E-state index < -0.39 is 0 Å². The zero-order valence-electron chi connectivity index (χ0n) is 11.2. The number of nitrogens with zero attached hydrogens (tertiary/aromatic N) is 4. The molecule has 4 nitrogen and oxygen atoms in total. The van der Waals surface area contributed by atoms with Gasteiger partial charge in [-0.3, -0.25) is 0 Å². The second-order valence-corrected chi connectivity index (χ2v) is 6.21. The predicted octanol–water partition coefficient (Wildman–Crippen LogP) is 4.28. The highest BCUT2D eigenvalue weighted by molar-refractivity contribution is 9.10. The zero-order chi connectivity index (χ0) is 14.5. The first-order chi connectivity index (χ1) is 9.62. The van der Waals surface area contributed by atoms with Crippen LogP contribution < -0.4 is 4.90 Å². The molecule has 1 aromatic heterocycles. The summed E-state index contributed by atoms with van der Waals surface area (Å²) >= 11 is 10.9. The first kappa shape index (κ1) is 15.5. The van der Waals surface area contributed by atoms with Gasteiger partial charge in [0.05, 0.1) is 0 Å². The fourth-order valence-electron chi connectivity index (χ4n) is 1.65. The van der Waals surface area contributed by atoms with Crippen molar-refractivity contribution in [3.05, 3.63) is 34.0 Å². The van der Waals surface area contributed by atoms with E-state index in [1.54, 1.807) is 0 Å². The molecule has 0 unspecified atom stereocenters. The van der Waals surface area contributed by atoms with Crippen LogP contribution in [0.15, 0.2) is 38.8 Å². The van der Waals surface area contributed by atoms with Crippen LogP contribution in [0.25, 0.3) is 0 Å². The monoisotopic (exact) mass is 372 g/mol. The Labute approximate surface area is 136 Å². The average molecular weight is 374 g/mol. The molecule has 0 radical (unpaired) electrons. The summed E-state index contributed by atoms with van der Waals surface area (Å²) in [6, 6.07) is 7.97. The van der Waals surface area contributed by atoms with Crippen molar-refractivity contribution in [1.82, 2.24) is 15.0 Å². The van der Waals surface area contributed by atoms with E-state index in [1.165, 1.54) is 11.8 Å². The molecule has 2 aromatic rings. The lowest BCUT2D eigenvalue weighted by Gasteiger charge is -2.18. The van der Waals surface area contributed by atoms with Gasteiger partial charge in [-0.25, -0.2) is 0 Å². The van der Waals surface area contributed by atoms with E-state index in [2.05, 4.69) is 44.7 Å². The summed E-state index contributed by atoms with van der Waals surface area (Å²) in [4.78, 5) is 15.9. The third kappa shape index (κ3) is 4.07. The van der Waals surface area contributed by atoms with Crippen LogP contribution in [0.1, 0.15) is 13.8 Å². The molecule has 0 saturated heterocycles. The van der Waals surface area contributed by atoms with Gasteiger partial charge >= 0.3 is 0 Å². The van der Waals surface area contributed by atoms with E-state index in [9.17, 15) is 0 Å². The van der Waals surface area contributed by atoms with Crippen molar-refractivity contribution >= 4 is 45.2 Å². The van der Waals surface area contributed by atoms with Crippen molar-refractivity contribution in [2.24, 2.45) is 0 Å². The molecule has 0 aliphatic rings. The number of aromatic nitrogens is 3. The van der Waals surface area contributed by atoms with Gasteiger partial charge in [0.15, 0.2) is 5.16 Å². The second kappa shape index (κ2) is 7.24. The Bertz CT molecular complexity index is 592. The molecule has 0 fully saturated rings. The average Bonchev–Trinajstić information content (AvgIpc) is 2.39. The minimum Gasteiger partial charge on any atom is -0.341 e. The number of halogens is 2. The Balaban J connectivity index is 2.28. The first-order valence-corrected chi connectivity index (χ1v) is 8.21. The SMILES string of the molecule is CCN(CC)c1nc(Cl)nc(Sc2cccc(Br)c2)n1. The van der Waals surface area contributed by atoms with Gasteiger partial charge in [0.25, 0.3) is 0 Å². The fourth-order valence-corrected chi connectivity index (χ4v) is 3.21. The molecule has 20 heavy (non-hydrogen) atoms. The maximum absolute atomic E-state index is 5.99. The molecule has 0 aliphatic heterocycles. The van der Waals surface area contributed by atoms with Crippen molar-refractivity contribution in [3.63, 3.8) is 0 Å². The minimum atomic E-state index is 0.222. The topological polar surface area (TPSA) is 41.9 Å². The standard InChI is InChI=1S/C13H14BrClN4S/c1-3-19(4-2)12-16-11(15)17-13(18-12)20-10-7-5-6-9(14)8-10/h5-8H,3-4H2,1-2H3. The Morgan fingerprint density at radius 3 is 2.60 bits per heavy atom. The summed E-state index contributed by atoms with van der Waals surface area (Å²) in [6.07, 6.45) is 0. The van der Waals surface area contributed by atoms with Crippen LogP contribution in [0, 0.1) is 0 Å². The van der Waals surface area contributed by atoms with Crippen LogP contribution in [0.2, 0.25) is 5.28 Å². The number of rotatable bonds is 5. The van der Waals surface area contributed by atoms with E-state index in [0.29, 0.717) is 11.1 Å². The van der Waals surface area contributed by atoms with Crippen molar-refractivity contribution < 1.29 is 0 Å². The molecule has 0 spiro atoms. The Morgan fingerprint density at radius 2 is 1.95 bits per heavy atom. The summed E-state index contributed by atoms with van der Waals surface area (Å²) in [6.45, 7) is 5.78. The van der Waals surface area contributed by atoms with Crippen LogP contribution in [0.5, 0.6) is 0 Å². The van der Waals surface area contributed by atoms with Crippen molar-refractivity contribution in [1.29, 1.82) is 0 Å². The lowest BCUT2D eigenvalue weighted by molar-refractivity contribution is 0.782. The van der Waals surface area contributed by atoms with Crippen molar-refractivity contribution in [2.75, 3.05) is 18.0 Å². The smallest absolute Gasteiger partial charge is 0.230 e. The van der Waals surface area contributed by atoms with Crippen LogP contribution >= 0.6 is 39.3 Å². The Hall–Kier alpha value is -0.850. The molecule has 0 amide bonds. The fraction of sp³-hybridized carbons (Fsp3) is 0.308. The molecule has 7 heteroatoms. The van der Waals surface area contributed by atoms with Crippen LogP contribution in [0.3, 0.4) is 0 Å². The molecule has 0 atom stereocenters. The third-order valence-electron chi connectivity index (χ3n) is 2.63. The molecule has 106 valence electrons. The van der Waals surface area contributed by atoms with E-state index in [0.717, 1.165) is 22.5 Å². The first-order valence-electron chi connectivity index (χ1n) is 6.22. The highest BCUT2D eigenvalue weighted by Gasteiger charge is 2.11. The van der Waals surface area contributed by atoms with Gasteiger partial charge in [0.2, 0.25) is 11.2 Å². The third-order valence-corrected chi connectivity index (χ3v) is 4.14. The van der Waals surface area contributed by atoms with Crippen molar-refractivity contribution in [2.45, 2.75) is 23.9 Å². The molecular weight excluding hydrogens is 360 g/mol. The molecule has 0 N–H and O–H groups in total. The van der Waals surface area contributed by atoms with Gasteiger partial charge < -0.3 is 4.90 Å². The molecule has 1 aromatic carbocycles. The minimum absolute atomic E-state index is 0.222. The number of anilines is 1. The second-order valence-electron chi connectivity index (χ2n) is 3.92. The Morgan fingerprint density at radius 1 is 1.20 bits per heavy atom.